The molecule has 0 aliphatic carbocycles. The largest absolute Gasteiger partial charge is 0.468 e. The van der Waals surface area contributed by atoms with Crippen molar-refractivity contribution in [2.24, 2.45) is 0 Å². The number of likely N-dealkylation sites (N-methyl/N-ethyl adjacent to an activating group) is 1. The second-order valence-electron chi connectivity index (χ2n) is 4.47. The summed E-state index contributed by atoms with van der Waals surface area (Å²) in [4.78, 5) is 13.8. The molecule has 0 aliphatic heterocycles. The fourth-order valence-electron chi connectivity index (χ4n) is 1.56. The minimum absolute atomic E-state index is 0.217. The molecular formula is C12H26N2O3. The van der Waals surface area contributed by atoms with Gasteiger partial charge in [0.15, 0.2) is 0 Å². The summed E-state index contributed by atoms with van der Waals surface area (Å²) < 4.78 is 9.80. The first-order valence-corrected chi connectivity index (χ1v) is 5.95. The van der Waals surface area contributed by atoms with Gasteiger partial charge in [0, 0.05) is 26.8 Å². The lowest BCUT2D eigenvalue weighted by Crippen LogP contribution is -2.50. The maximum Gasteiger partial charge on any atom is 0.325 e. The topological polar surface area (TPSA) is 50.8 Å². The third-order valence-electron chi connectivity index (χ3n) is 3.07. The first-order valence-electron chi connectivity index (χ1n) is 5.95. The first kappa shape index (κ1) is 16.4. The lowest BCUT2D eigenvalue weighted by Gasteiger charge is -2.28. The molecular weight excluding hydrogens is 220 g/mol. The highest BCUT2D eigenvalue weighted by Gasteiger charge is 2.32. The normalized spacial score (nSPS) is 14.7. The Labute approximate surface area is 104 Å². The van der Waals surface area contributed by atoms with Gasteiger partial charge >= 0.3 is 5.97 Å². The van der Waals surface area contributed by atoms with E-state index in [1.54, 1.807) is 14.2 Å². The van der Waals surface area contributed by atoms with E-state index in [4.69, 9.17) is 9.47 Å². The van der Waals surface area contributed by atoms with Crippen molar-refractivity contribution in [3.63, 3.8) is 0 Å². The van der Waals surface area contributed by atoms with Crippen LogP contribution < -0.4 is 5.32 Å². The summed E-state index contributed by atoms with van der Waals surface area (Å²) in [5.74, 6) is -0.217. The van der Waals surface area contributed by atoms with Crippen molar-refractivity contribution in [2.75, 3.05) is 48.0 Å². The van der Waals surface area contributed by atoms with Gasteiger partial charge < -0.3 is 19.7 Å². The van der Waals surface area contributed by atoms with Crippen LogP contribution >= 0.6 is 0 Å². The van der Waals surface area contributed by atoms with E-state index in [0.717, 1.165) is 32.5 Å². The number of ether oxygens (including phenoxy) is 2. The zero-order valence-corrected chi connectivity index (χ0v) is 11.7. The lowest BCUT2D eigenvalue weighted by atomic mass is 9.98. The Morgan fingerprint density at radius 1 is 1.35 bits per heavy atom. The third kappa shape index (κ3) is 6.00. The van der Waals surface area contributed by atoms with Crippen molar-refractivity contribution >= 4 is 5.97 Å². The summed E-state index contributed by atoms with van der Waals surface area (Å²) in [6.45, 7) is 4.44. The molecule has 0 saturated heterocycles. The van der Waals surface area contributed by atoms with Crippen LogP contribution in [-0.4, -0.2) is 64.4 Å². The fraction of sp³-hybridized carbons (Fsp3) is 0.917. The van der Waals surface area contributed by atoms with Crippen LogP contribution in [0.4, 0.5) is 0 Å². The van der Waals surface area contributed by atoms with Crippen molar-refractivity contribution in [3.8, 4) is 0 Å². The Balaban J connectivity index is 4.01. The van der Waals surface area contributed by atoms with E-state index < -0.39 is 5.54 Å². The molecule has 0 aromatic carbocycles. The van der Waals surface area contributed by atoms with E-state index >= 15 is 0 Å². The Bertz CT molecular complexity index is 224. The number of esters is 1. The van der Waals surface area contributed by atoms with Gasteiger partial charge in [0.2, 0.25) is 0 Å². The average Bonchev–Trinajstić information content (AvgIpc) is 2.35. The molecule has 0 bridgehead atoms. The molecule has 0 aromatic rings. The van der Waals surface area contributed by atoms with E-state index in [0.29, 0.717) is 0 Å². The zero-order valence-electron chi connectivity index (χ0n) is 11.7. The number of nitrogens with one attached hydrogen (secondary N) is 1. The molecule has 0 amide bonds. The number of rotatable bonds is 9. The van der Waals surface area contributed by atoms with Crippen LogP contribution in [0.25, 0.3) is 0 Å². The smallest absolute Gasteiger partial charge is 0.325 e. The number of carbonyl (C=O) groups is 1. The predicted molar refractivity (Wildman–Crippen MR) is 68.1 cm³/mol. The molecule has 0 aromatic heterocycles. The zero-order chi connectivity index (χ0) is 13.3. The molecule has 1 unspecified atom stereocenters. The number of methoxy groups -OCH3 is 2. The lowest BCUT2D eigenvalue weighted by molar-refractivity contribution is -0.148. The molecule has 0 saturated carbocycles. The molecule has 0 aliphatic rings. The SMILES string of the molecule is CNC(C)(CCN(C)CCCOC)C(=O)OC. The minimum Gasteiger partial charge on any atom is -0.468 e. The van der Waals surface area contributed by atoms with Crippen LogP contribution in [0.5, 0.6) is 0 Å². The van der Waals surface area contributed by atoms with Crippen LogP contribution in [0, 0.1) is 0 Å². The van der Waals surface area contributed by atoms with E-state index in [1.807, 2.05) is 14.0 Å². The summed E-state index contributed by atoms with van der Waals surface area (Å²) >= 11 is 0. The first-order chi connectivity index (χ1) is 8.00. The maximum absolute atomic E-state index is 11.6. The summed E-state index contributed by atoms with van der Waals surface area (Å²) in [6, 6.07) is 0. The second kappa shape index (κ2) is 8.44. The van der Waals surface area contributed by atoms with E-state index in [1.165, 1.54) is 7.11 Å². The molecule has 5 nitrogen and oxygen atoms in total. The molecule has 0 heterocycles. The van der Waals surface area contributed by atoms with Gasteiger partial charge in [-0.05, 0) is 33.9 Å². The Hall–Kier alpha value is -0.650. The molecule has 1 N–H and O–H groups in total. The van der Waals surface area contributed by atoms with Crippen LogP contribution in [0.1, 0.15) is 19.8 Å². The standard InChI is InChI=1S/C12H26N2O3/c1-12(13-2,11(15)17-5)7-9-14(3)8-6-10-16-4/h13H,6-10H2,1-5H3. The summed E-state index contributed by atoms with van der Waals surface area (Å²) in [5, 5.41) is 3.03. The van der Waals surface area contributed by atoms with Crippen LogP contribution in [0.2, 0.25) is 0 Å². The maximum atomic E-state index is 11.6. The van der Waals surface area contributed by atoms with Gasteiger partial charge in [-0.1, -0.05) is 0 Å². The highest BCUT2D eigenvalue weighted by atomic mass is 16.5. The number of nitrogens with zero attached hydrogens (tertiary/aromatic N) is 1. The monoisotopic (exact) mass is 246 g/mol. The second-order valence-corrected chi connectivity index (χ2v) is 4.47. The summed E-state index contributed by atoms with van der Waals surface area (Å²) in [5.41, 5.74) is -0.607. The number of hydrogen-bond acceptors (Lipinski definition) is 5. The van der Waals surface area contributed by atoms with Crippen LogP contribution in [0.3, 0.4) is 0 Å². The fourth-order valence-corrected chi connectivity index (χ4v) is 1.56. The van der Waals surface area contributed by atoms with Gasteiger partial charge in [0.1, 0.15) is 5.54 Å². The summed E-state index contributed by atoms with van der Waals surface area (Å²) in [6.07, 6.45) is 1.72. The van der Waals surface area contributed by atoms with Crippen molar-refractivity contribution in [1.82, 2.24) is 10.2 Å². The van der Waals surface area contributed by atoms with Crippen molar-refractivity contribution in [1.29, 1.82) is 0 Å². The highest BCUT2D eigenvalue weighted by molar-refractivity contribution is 5.80. The third-order valence-corrected chi connectivity index (χ3v) is 3.07. The van der Waals surface area contributed by atoms with E-state index in [-0.39, 0.29) is 5.97 Å². The molecule has 5 heteroatoms. The van der Waals surface area contributed by atoms with Crippen molar-refractivity contribution < 1.29 is 14.3 Å². The van der Waals surface area contributed by atoms with Gasteiger partial charge in [0.05, 0.1) is 7.11 Å². The Kier molecular flexibility index (Phi) is 8.12. The van der Waals surface area contributed by atoms with E-state index in [2.05, 4.69) is 10.2 Å². The van der Waals surface area contributed by atoms with Crippen molar-refractivity contribution in [2.45, 2.75) is 25.3 Å². The van der Waals surface area contributed by atoms with Crippen molar-refractivity contribution in [3.05, 3.63) is 0 Å². The Morgan fingerprint density at radius 3 is 2.47 bits per heavy atom. The quantitative estimate of drug-likeness (QED) is 0.474. The molecule has 0 rings (SSSR count). The van der Waals surface area contributed by atoms with Crippen LogP contribution in [-0.2, 0) is 14.3 Å². The summed E-state index contributed by atoms with van der Waals surface area (Å²) in [7, 11) is 6.94. The average molecular weight is 246 g/mol. The molecule has 0 spiro atoms. The molecule has 0 fully saturated rings. The number of carbonyl (C=O) groups excluding carboxylic acids is 1. The highest BCUT2D eigenvalue weighted by Crippen LogP contribution is 2.11. The van der Waals surface area contributed by atoms with Gasteiger partial charge in [-0.3, -0.25) is 4.79 Å². The Morgan fingerprint density at radius 2 is 2.00 bits per heavy atom. The predicted octanol–water partition coefficient (Wildman–Crippen LogP) is 0.496. The van der Waals surface area contributed by atoms with E-state index in [9.17, 15) is 4.79 Å². The molecule has 102 valence electrons. The van der Waals surface area contributed by atoms with Gasteiger partial charge in [-0.25, -0.2) is 0 Å². The molecule has 17 heavy (non-hydrogen) atoms. The van der Waals surface area contributed by atoms with Gasteiger partial charge in [-0.15, -0.1) is 0 Å². The van der Waals surface area contributed by atoms with Gasteiger partial charge in [0.25, 0.3) is 0 Å². The molecule has 0 radical (unpaired) electrons. The molecule has 1 atom stereocenters. The number of hydrogen-bond donors (Lipinski definition) is 1. The van der Waals surface area contributed by atoms with Crippen LogP contribution in [0.15, 0.2) is 0 Å². The van der Waals surface area contributed by atoms with Gasteiger partial charge in [-0.2, -0.15) is 0 Å². The minimum atomic E-state index is -0.607.